The van der Waals surface area contributed by atoms with Gasteiger partial charge in [0.25, 0.3) is 0 Å². The van der Waals surface area contributed by atoms with Gasteiger partial charge in [-0.2, -0.15) is 0 Å². The Hall–Kier alpha value is -3.43. The maximum atomic E-state index is 14.1. The Morgan fingerprint density at radius 1 is 1.12 bits per heavy atom. The number of rotatable bonds is 3. The van der Waals surface area contributed by atoms with E-state index in [4.69, 9.17) is 14.2 Å². The molecule has 4 aromatic rings. The first-order valence-corrected chi connectivity index (χ1v) is 11.5. The van der Waals surface area contributed by atoms with Crippen molar-refractivity contribution in [2.75, 3.05) is 5.32 Å². The van der Waals surface area contributed by atoms with Crippen molar-refractivity contribution in [2.45, 2.75) is 44.2 Å². The molecule has 0 spiro atoms. The molecule has 2 aliphatic heterocycles. The molecule has 11 heteroatoms. The summed E-state index contributed by atoms with van der Waals surface area (Å²) in [7, 11) is 0. The van der Waals surface area contributed by atoms with Crippen LogP contribution in [0.2, 0.25) is 0 Å². The highest BCUT2D eigenvalue weighted by molar-refractivity contribution is 7.13. The summed E-state index contributed by atoms with van der Waals surface area (Å²) < 4.78 is 34.4. The van der Waals surface area contributed by atoms with E-state index in [9.17, 15) is 4.39 Å². The second-order valence-electron chi connectivity index (χ2n) is 8.27. The summed E-state index contributed by atoms with van der Waals surface area (Å²) in [5, 5.41) is 5.74. The monoisotopic (exact) mass is 478 g/mol. The quantitative estimate of drug-likeness (QED) is 0.446. The predicted octanol–water partition coefficient (Wildman–Crippen LogP) is 3.63. The van der Waals surface area contributed by atoms with Gasteiger partial charge in [-0.1, -0.05) is 24.0 Å². The number of nitrogens with zero attached hydrogens (tertiary/aromatic N) is 5. The minimum Gasteiger partial charge on any atom is -0.341 e. The molecule has 3 aromatic heterocycles. The standard InChI is InChI=1S/C23H19FN6O3S/c1-23(2)32-17-15(8-7-13-5-3-4-6-14(13)24)31-21(18(17)33-23)30-12-28-16-19(26-11-27-20(16)30)29-22-25-9-10-34-22/h3-6,9-12,15,17-18,21H,1-2H3,(H,25,26,27,29). The van der Waals surface area contributed by atoms with Crippen molar-refractivity contribution in [1.82, 2.24) is 24.5 Å². The number of hydrogen-bond donors (Lipinski definition) is 1. The molecule has 0 aliphatic carbocycles. The molecule has 0 bridgehead atoms. The van der Waals surface area contributed by atoms with Gasteiger partial charge in [0.05, 0.1) is 11.9 Å². The van der Waals surface area contributed by atoms with Gasteiger partial charge >= 0.3 is 0 Å². The number of imidazole rings is 1. The molecule has 4 unspecified atom stereocenters. The minimum atomic E-state index is -0.821. The van der Waals surface area contributed by atoms with Crippen molar-refractivity contribution in [2.24, 2.45) is 0 Å². The first-order chi connectivity index (χ1) is 16.5. The van der Waals surface area contributed by atoms with Crippen molar-refractivity contribution >= 4 is 33.5 Å². The number of anilines is 2. The first-order valence-electron chi connectivity index (χ1n) is 10.6. The molecular weight excluding hydrogens is 459 g/mol. The van der Waals surface area contributed by atoms with Crippen LogP contribution in [0.5, 0.6) is 0 Å². The molecule has 5 heterocycles. The third-order valence-corrected chi connectivity index (χ3v) is 6.23. The zero-order valence-electron chi connectivity index (χ0n) is 18.2. The Labute approximate surface area is 197 Å². The number of benzene rings is 1. The van der Waals surface area contributed by atoms with Crippen LogP contribution < -0.4 is 5.32 Å². The largest absolute Gasteiger partial charge is 0.341 e. The van der Waals surface area contributed by atoms with E-state index in [1.807, 2.05) is 19.2 Å². The van der Waals surface area contributed by atoms with Crippen LogP contribution in [-0.2, 0) is 14.2 Å². The van der Waals surface area contributed by atoms with Crippen LogP contribution >= 0.6 is 11.3 Å². The molecule has 2 fully saturated rings. The SMILES string of the molecule is CC1(C)OC2C(C#Cc3ccccc3F)OC(n3cnc4c(Nc5nccs5)ncnc43)C2O1. The van der Waals surface area contributed by atoms with E-state index in [1.165, 1.54) is 23.7 Å². The Kier molecular flexibility index (Phi) is 5.04. The molecule has 9 nitrogen and oxygen atoms in total. The van der Waals surface area contributed by atoms with E-state index in [0.717, 1.165) is 0 Å². The van der Waals surface area contributed by atoms with Crippen LogP contribution in [0.4, 0.5) is 15.3 Å². The number of nitrogens with one attached hydrogen (secondary N) is 1. The third kappa shape index (κ3) is 3.70. The van der Waals surface area contributed by atoms with Gasteiger partial charge in [-0.15, -0.1) is 11.3 Å². The number of hydrogen-bond acceptors (Lipinski definition) is 9. The summed E-state index contributed by atoms with van der Waals surface area (Å²) in [6, 6.07) is 6.36. The molecular formula is C23H19FN6O3S. The number of aromatic nitrogens is 5. The van der Waals surface area contributed by atoms with Gasteiger partial charge in [0.2, 0.25) is 0 Å². The van der Waals surface area contributed by atoms with Crippen molar-refractivity contribution in [3.63, 3.8) is 0 Å². The average molecular weight is 479 g/mol. The van der Waals surface area contributed by atoms with Crippen LogP contribution in [0.3, 0.4) is 0 Å². The van der Waals surface area contributed by atoms with E-state index in [1.54, 1.807) is 35.3 Å². The normalized spacial score (nSPS) is 25.1. The Bertz CT molecular complexity index is 1410. The van der Waals surface area contributed by atoms with Crippen LogP contribution in [0.15, 0.2) is 48.5 Å². The maximum Gasteiger partial charge on any atom is 0.188 e. The summed E-state index contributed by atoms with van der Waals surface area (Å²) in [4.78, 5) is 17.5. The highest BCUT2D eigenvalue weighted by atomic mass is 32.1. The fourth-order valence-electron chi connectivity index (χ4n) is 4.14. The lowest BCUT2D eigenvalue weighted by Gasteiger charge is -2.23. The highest BCUT2D eigenvalue weighted by Crippen LogP contribution is 2.43. The van der Waals surface area contributed by atoms with E-state index < -0.39 is 30.3 Å². The van der Waals surface area contributed by atoms with E-state index in [0.29, 0.717) is 27.7 Å². The van der Waals surface area contributed by atoms with Crippen LogP contribution in [0.1, 0.15) is 25.6 Å². The molecule has 0 amide bonds. The van der Waals surface area contributed by atoms with Gasteiger partial charge in [-0.3, -0.25) is 4.57 Å². The third-order valence-electron chi connectivity index (χ3n) is 5.54. The van der Waals surface area contributed by atoms with Gasteiger partial charge in [0.15, 0.2) is 34.1 Å². The van der Waals surface area contributed by atoms with Gasteiger partial charge in [0, 0.05) is 11.6 Å². The van der Waals surface area contributed by atoms with Crippen molar-refractivity contribution in [3.8, 4) is 11.8 Å². The molecule has 0 saturated carbocycles. The molecule has 6 rings (SSSR count). The Balaban J connectivity index is 1.35. The maximum absolute atomic E-state index is 14.1. The molecule has 2 aliphatic rings. The van der Waals surface area contributed by atoms with Gasteiger partial charge in [0.1, 0.15) is 30.5 Å². The second kappa shape index (κ2) is 8.11. The Morgan fingerprint density at radius 3 is 2.79 bits per heavy atom. The summed E-state index contributed by atoms with van der Waals surface area (Å²) in [5.41, 5.74) is 1.42. The van der Waals surface area contributed by atoms with Gasteiger partial charge in [-0.05, 0) is 26.0 Å². The second-order valence-corrected chi connectivity index (χ2v) is 9.16. The summed E-state index contributed by atoms with van der Waals surface area (Å²) >= 11 is 1.46. The van der Waals surface area contributed by atoms with E-state index in [2.05, 4.69) is 37.1 Å². The first kappa shape index (κ1) is 21.1. The Morgan fingerprint density at radius 2 is 1.97 bits per heavy atom. The topological polar surface area (TPSA) is 96.2 Å². The van der Waals surface area contributed by atoms with Crippen LogP contribution in [-0.4, -0.2) is 48.6 Å². The molecule has 1 aromatic carbocycles. The summed E-state index contributed by atoms with van der Waals surface area (Å²) in [6.45, 7) is 3.68. The lowest BCUT2D eigenvalue weighted by Crippen LogP contribution is -2.28. The van der Waals surface area contributed by atoms with Crippen LogP contribution in [0.25, 0.3) is 11.2 Å². The smallest absolute Gasteiger partial charge is 0.188 e. The molecule has 0 radical (unpaired) electrons. The molecule has 1 N–H and O–H groups in total. The van der Waals surface area contributed by atoms with Gasteiger partial charge < -0.3 is 19.5 Å². The number of ether oxygens (including phenoxy) is 3. The summed E-state index contributed by atoms with van der Waals surface area (Å²) in [6.07, 6.45) is 2.63. The number of halogens is 1. The molecule has 172 valence electrons. The summed E-state index contributed by atoms with van der Waals surface area (Å²) in [5.74, 6) is 5.23. The molecule has 4 atom stereocenters. The van der Waals surface area contributed by atoms with E-state index >= 15 is 0 Å². The van der Waals surface area contributed by atoms with Crippen molar-refractivity contribution < 1.29 is 18.6 Å². The average Bonchev–Trinajstić information content (AvgIpc) is 3.58. The predicted molar refractivity (Wildman–Crippen MR) is 122 cm³/mol. The van der Waals surface area contributed by atoms with Crippen molar-refractivity contribution in [1.29, 1.82) is 0 Å². The zero-order valence-corrected chi connectivity index (χ0v) is 19.0. The molecule has 2 saturated heterocycles. The van der Waals surface area contributed by atoms with E-state index in [-0.39, 0.29) is 5.82 Å². The highest BCUT2D eigenvalue weighted by Gasteiger charge is 2.56. The minimum absolute atomic E-state index is 0.294. The number of fused-ring (bicyclic) bond motifs is 2. The zero-order chi connectivity index (χ0) is 23.3. The lowest BCUT2D eigenvalue weighted by molar-refractivity contribution is -0.190. The fraction of sp³-hybridized carbons (Fsp3) is 0.304. The fourth-order valence-corrected chi connectivity index (χ4v) is 4.67. The van der Waals surface area contributed by atoms with Gasteiger partial charge in [-0.25, -0.2) is 24.3 Å². The molecule has 34 heavy (non-hydrogen) atoms. The number of thiazole rings is 1. The van der Waals surface area contributed by atoms with Crippen LogP contribution in [0, 0.1) is 17.7 Å². The van der Waals surface area contributed by atoms with Crippen molar-refractivity contribution in [3.05, 3.63) is 59.9 Å². The lowest BCUT2D eigenvalue weighted by atomic mass is 10.1.